The summed E-state index contributed by atoms with van der Waals surface area (Å²) in [4.78, 5) is 29.8. The molecule has 2 N–H and O–H groups in total. The van der Waals surface area contributed by atoms with Gasteiger partial charge in [-0.25, -0.2) is 9.78 Å². The van der Waals surface area contributed by atoms with E-state index in [2.05, 4.69) is 28.8 Å². The van der Waals surface area contributed by atoms with Crippen LogP contribution in [0.3, 0.4) is 0 Å². The second-order valence-corrected chi connectivity index (χ2v) is 10.3. The molecule has 9 heteroatoms. The summed E-state index contributed by atoms with van der Waals surface area (Å²) >= 11 is 1.74. The Bertz CT molecular complexity index is 1610. The molecule has 0 aliphatic rings. The van der Waals surface area contributed by atoms with Crippen molar-refractivity contribution in [3.8, 4) is 27.6 Å². The van der Waals surface area contributed by atoms with Crippen LogP contribution in [0.1, 0.15) is 32.6 Å². The lowest BCUT2D eigenvalue weighted by Gasteiger charge is -2.11. The topological polar surface area (TPSA) is 103 Å². The highest BCUT2D eigenvalue weighted by molar-refractivity contribution is 7.22. The number of unbranched alkanes of at least 4 members (excludes halogenated alkanes) is 2. The SMILES string of the molecule is CCOC(=O)CCCCCNC(=O)Nc1ccc(OC)c(-c2nc3cc(-c4cc5ccccc5s4)ccc3o2)c1. The Labute approximate surface area is 236 Å². The molecule has 0 aliphatic carbocycles. The standard InChI is InChI=1S/C31H31N3O5S/c1-3-38-29(35)11-5-4-8-16-32-31(36)33-22-13-15-25(37-2)23(19-22)30-34-24-17-21(12-14-26(24)39-30)28-18-20-9-6-7-10-27(20)40-28/h6-7,9-10,12-15,17-19H,3-5,8,11,16H2,1-2H3,(H2,32,33,36). The van der Waals surface area contributed by atoms with Gasteiger partial charge in [0.15, 0.2) is 5.58 Å². The molecule has 0 atom stereocenters. The van der Waals surface area contributed by atoms with Crippen molar-refractivity contribution in [1.82, 2.24) is 10.3 Å². The minimum atomic E-state index is -0.313. The Morgan fingerprint density at radius 2 is 1.88 bits per heavy atom. The number of fused-ring (bicyclic) bond motifs is 2. The molecule has 8 nitrogen and oxygen atoms in total. The number of oxazole rings is 1. The van der Waals surface area contributed by atoms with Crippen molar-refractivity contribution in [2.75, 3.05) is 25.6 Å². The van der Waals surface area contributed by atoms with Crippen molar-refractivity contribution in [2.45, 2.75) is 32.6 Å². The number of nitrogens with one attached hydrogen (secondary N) is 2. The molecule has 3 aromatic carbocycles. The largest absolute Gasteiger partial charge is 0.496 e. The zero-order valence-corrected chi connectivity index (χ0v) is 23.3. The van der Waals surface area contributed by atoms with E-state index in [0.29, 0.717) is 48.0 Å². The third-order valence-electron chi connectivity index (χ3n) is 6.43. The van der Waals surface area contributed by atoms with E-state index in [1.165, 1.54) is 15.0 Å². The summed E-state index contributed by atoms with van der Waals surface area (Å²) in [5.41, 5.74) is 3.71. The van der Waals surface area contributed by atoms with Gasteiger partial charge in [-0.05, 0) is 79.2 Å². The Hall–Kier alpha value is -4.37. The summed E-state index contributed by atoms with van der Waals surface area (Å²) in [6.07, 6.45) is 2.73. The monoisotopic (exact) mass is 557 g/mol. The van der Waals surface area contributed by atoms with Crippen molar-refractivity contribution in [3.63, 3.8) is 0 Å². The number of hydrogen-bond donors (Lipinski definition) is 2. The molecule has 0 radical (unpaired) electrons. The smallest absolute Gasteiger partial charge is 0.319 e. The molecule has 0 aliphatic heterocycles. The maximum Gasteiger partial charge on any atom is 0.319 e. The first-order valence-electron chi connectivity index (χ1n) is 13.3. The lowest BCUT2D eigenvalue weighted by atomic mass is 10.1. The Balaban J connectivity index is 1.25. The summed E-state index contributed by atoms with van der Waals surface area (Å²) in [7, 11) is 1.59. The van der Waals surface area contributed by atoms with E-state index < -0.39 is 0 Å². The molecule has 5 aromatic rings. The van der Waals surface area contributed by atoms with Crippen molar-refractivity contribution in [3.05, 3.63) is 66.7 Å². The lowest BCUT2D eigenvalue weighted by Crippen LogP contribution is -2.29. The fourth-order valence-electron chi connectivity index (χ4n) is 4.45. The van der Waals surface area contributed by atoms with Crippen molar-refractivity contribution in [1.29, 1.82) is 0 Å². The molecule has 2 aromatic heterocycles. The van der Waals surface area contributed by atoms with Crippen molar-refractivity contribution < 1.29 is 23.5 Å². The second kappa shape index (κ2) is 12.7. The number of amides is 2. The maximum atomic E-state index is 12.5. The number of methoxy groups -OCH3 is 1. The van der Waals surface area contributed by atoms with E-state index in [1.54, 1.807) is 43.6 Å². The van der Waals surface area contributed by atoms with E-state index in [4.69, 9.17) is 18.9 Å². The van der Waals surface area contributed by atoms with Crippen LogP contribution in [0.2, 0.25) is 0 Å². The van der Waals surface area contributed by atoms with Gasteiger partial charge in [0.1, 0.15) is 11.3 Å². The highest BCUT2D eigenvalue weighted by Gasteiger charge is 2.16. The summed E-state index contributed by atoms with van der Waals surface area (Å²) in [6.45, 7) is 2.70. The van der Waals surface area contributed by atoms with Crippen LogP contribution in [0.15, 0.2) is 71.1 Å². The first-order chi connectivity index (χ1) is 19.5. The minimum absolute atomic E-state index is 0.181. The van der Waals surface area contributed by atoms with Crippen LogP contribution in [-0.2, 0) is 9.53 Å². The van der Waals surface area contributed by atoms with Gasteiger partial charge in [0.2, 0.25) is 5.89 Å². The minimum Gasteiger partial charge on any atom is -0.496 e. The van der Waals surface area contributed by atoms with Gasteiger partial charge in [-0.1, -0.05) is 24.6 Å². The zero-order chi connectivity index (χ0) is 27.9. The normalized spacial score (nSPS) is 11.1. The van der Waals surface area contributed by atoms with Crippen LogP contribution in [0.5, 0.6) is 5.75 Å². The average molecular weight is 558 g/mol. The molecular weight excluding hydrogens is 526 g/mol. The molecule has 0 saturated carbocycles. The van der Waals surface area contributed by atoms with Crippen LogP contribution in [0.4, 0.5) is 10.5 Å². The quantitative estimate of drug-likeness (QED) is 0.128. The van der Waals surface area contributed by atoms with Gasteiger partial charge < -0.3 is 24.5 Å². The molecular formula is C31H31N3O5S. The predicted molar refractivity (Wildman–Crippen MR) is 159 cm³/mol. The number of rotatable bonds is 11. The number of ether oxygens (including phenoxy) is 2. The highest BCUT2D eigenvalue weighted by Crippen LogP contribution is 2.37. The van der Waals surface area contributed by atoms with Crippen LogP contribution < -0.4 is 15.4 Å². The number of carbonyl (C=O) groups excluding carboxylic acids is 2. The molecule has 0 fully saturated rings. The Morgan fingerprint density at radius 3 is 2.70 bits per heavy atom. The van der Waals surface area contributed by atoms with E-state index in [0.717, 1.165) is 30.3 Å². The van der Waals surface area contributed by atoms with Crippen molar-refractivity contribution in [2.24, 2.45) is 0 Å². The summed E-state index contributed by atoms with van der Waals surface area (Å²) in [5, 5.41) is 6.93. The second-order valence-electron chi connectivity index (χ2n) is 9.26. The molecule has 0 spiro atoms. The number of urea groups is 1. The van der Waals surface area contributed by atoms with Gasteiger partial charge in [0.25, 0.3) is 0 Å². The molecule has 2 heterocycles. The van der Waals surface area contributed by atoms with Crippen LogP contribution >= 0.6 is 11.3 Å². The van der Waals surface area contributed by atoms with E-state index in [1.807, 2.05) is 30.3 Å². The van der Waals surface area contributed by atoms with E-state index in [-0.39, 0.29) is 12.0 Å². The summed E-state index contributed by atoms with van der Waals surface area (Å²) in [5.74, 6) is 0.814. The number of benzene rings is 3. The number of esters is 1. The van der Waals surface area contributed by atoms with Gasteiger partial charge in [0.05, 0.1) is 19.3 Å². The Kier molecular flexibility index (Phi) is 8.61. The van der Waals surface area contributed by atoms with Gasteiger partial charge in [-0.3, -0.25) is 4.79 Å². The number of carbonyl (C=O) groups is 2. The first kappa shape index (κ1) is 27.2. The fourth-order valence-corrected chi connectivity index (χ4v) is 5.51. The third kappa shape index (κ3) is 6.43. The number of thiophene rings is 1. The van der Waals surface area contributed by atoms with Crippen LogP contribution in [0, 0.1) is 0 Å². The van der Waals surface area contributed by atoms with Gasteiger partial charge in [-0.15, -0.1) is 11.3 Å². The lowest BCUT2D eigenvalue weighted by molar-refractivity contribution is -0.143. The molecule has 0 saturated heterocycles. The molecule has 206 valence electrons. The Morgan fingerprint density at radius 1 is 1.00 bits per heavy atom. The predicted octanol–water partition coefficient (Wildman–Crippen LogP) is 7.63. The van der Waals surface area contributed by atoms with Crippen molar-refractivity contribution >= 4 is 50.2 Å². The molecule has 5 rings (SSSR count). The summed E-state index contributed by atoms with van der Waals surface area (Å²) < 4.78 is 17.8. The maximum absolute atomic E-state index is 12.5. The highest BCUT2D eigenvalue weighted by atomic mass is 32.1. The number of nitrogens with zero attached hydrogens (tertiary/aromatic N) is 1. The summed E-state index contributed by atoms with van der Waals surface area (Å²) in [6, 6.07) is 21.5. The third-order valence-corrected chi connectivity index (χ3v) is 7.60. The number of anilines is 1. The van der Waals surface area contributed by atoms with Gasteiger partial charge >= 0.3 is 12.0 Å². The molecule has 2 amide bonds. The fraction of sp³-hybridized carbons (Fsp3) is 0.258. The zero-order valence-electron chi connectivity index (χ0n) is 22.5. The molecule has 0 bridgehead atoms. The first-order valence-corrected chi connectivity index (χ1v) is 14.1. The number of aromatic nitrogens is 1. The van der Waals surface area contributed by atoms with Gasteiger partial charge in [0, 0.05) is 28.2 Å². The average Bonchev–Trinajstić information content (AvgIpc) is 3.59. The van der Waals surface area contributed by atoms with Crippen LogP contribution in [0.25, 0.3) is 43.1 Å². The van der Waals surface area contributed by atoms with Crippen LogP contribution in [-0.4, -0.2) is 37.2 Å². The van der Waals surface area contributed by atoms with Gasteiger partial charge in [-0.2, -0.15) is 0 Å². The molecule has 40 heavy (non-hydrogen) atoms. The van der Waals surface area contributed by atoms with E-state index in [9.17, 15) is 9.59 Å². The van der Waals surface area contributed by atoms with E-state index >= 15 is 0 Å². The molecule has 0 unspecified atom stereocenters. The number of hydrogen-bond acceptors (Lipinski definition) is 7.